The summed E-state index contributed by atoms with van der Waals surface area (Å²) in [6.07, 6.45) is 3.24. The SMILES string of the molecule is OC[C@@H](Cc1ccccc1)NC1CC(c2ccccc2)C1. The lowest BCUT2D eigenvalue weighted by Crippen LogP contribution is -2.47. The molecule has 2 aromatic rings. The molecule has 1 atom stereocenters. The molecule has 2 N–H and O–H groups in total. The van der Waals surface area contributed by atoms with Crippen molar-refractivity contribution in [3.05, 3.63) is 71.8 Å². The number of benzene rings is 2. The Hall–Kier alpha value is -1.64. The zero-order valence-corrected chi connectivity index (χ0v) is 12.3. The molecular weight excluding hydrogens is 258 g/mol. The molecule has 1 fully saturated rings. The topological polar surface area (TPSA) is 32.3 Å². The molecule has 2 aromatic carbocycles. The molecule has 3 rings (SSSR count). The van der Waals surface area contributed by atoms with Gasteiger partial charge in [0, 0.05) is 12.1 Å². The van der Waals surface area contributed by atoms with Crippen LogP contribution in [0.15, 0.2) is 60.7 Å². The van der Waals surface area contributed by atoms with Crippen molar-refractivity contribution < 1.29 is 5.11 Å². The number of aliphatic hydroxyl groups excluding tert-OH is 1. The Bertz CT molecular complexity index is 534. The third kappa shape index (κ3) is 3.72. The second kappa shape index (κ2) is 6.88. The van der Waals surface area contributed by atoms with Crippen molar-refractivity contribution in [3.8, 4) is 0 Å². The number of rotatable bonds is 6. The van der Waals surface area contributed by atoms with Crippen LogP contribution in [0.1, 0.15) is 29.9 Å². The average Bonchev–Trinajstić information content (AvgIpc) is 2.51. The van der Waals surface area contributed by atoms with Crippen LogP contribution in [0.5, 0.6) is 0 Å². The minimum absolute atomic E-state index is 0.161. The average molecular weight is 281 g/mol. The Balaban J connectivity index is 1.48. The lowest BCUT2D eigenvalue weighted by Gasteiger charge is -2.38. The summed E-state index contributed by atoms with van der Waals surface area (Å²) >= 11 is 0. The van der Waals surface area contributed by atoms with E-state index in [9.17, 15) is 5.11 Å². The first-order chi connectivity index (χ1) is 10.3. The van der Waals surface area contributed by atoms with E-state index >= 15 is 0 Å². The number of hydrogen-bond acceptors (Lipinski definition) is 2. The highest BCUT2D eigenvalue weighted by molar-refractivity contribution is 5.23. The van der Waals surface area contributed by atoms with E-state index < -0.39 is 0 Å². The molecule has 0 bridgehead atoms. The molecule has 0 radical (unpaired) electrons. The van der Waals surface area contributed by atoms with Gasteiger partial charge in [0.15, 0.2) is 0 Å². The maximum atomic E-state index is 9.58. The predicted molar refractivity (Wildman–Crippen MR) is 86.4 cm³/mol. The van der Waals surface area contributed by atoms with Gasteiger partial charge in [-0.3, -0.25) is 0 Å². The summed E-state index contributed by atoms with van der Waals surface area (Å²) in [5.74, 6) is 0.680. The van der Waals surface area contributed by atoms with Crippen LogP contribution in [-0.2, 0) is 6.42 Å². The van der Waals surface area contributed by atoms with E-state index in [1.807, 2.05) is 6.07 Å². The zero-order valence-electron chi connectivity index (χ0n) is 12.3. The third-order valence-corrected chi connectivity index (χ3v) is 4.43. The highest BCUT2D eigenvalue weighted by Gasteiger charge is 2.31. The number of nitrogens with one attached hydrogen (secondary N) is 1. The summed E-state index contributed by atoms with van der Waals surface area (Å²) in [5.41, 5.74) is 2.72. The van der Waals surface area contributed by atoms with Gasteiger partial charge in [0.05, 0.1) is 6.61 Å². The van der Waals surface area contributed by atoms with Crippen molar-refractivity contribution in [2.45, 2.75) is 37.3 Å². The smallest absolute Gasteiger partial charge is 0.0587 e. The van der Waals surface area contributed by atoms with Gasteiger partial charge in [0.1, 0.15) is 0 Å². The fourth-order valence-corrected chi connectivity index (χ4v) is 3.16. The predicted octanol–water partition coefficient (Wildman–Crippen LogP) is 3.13. The van der Waals surface area contributed by atoms with Crippen LogP contribution in [0, 0.1) is 0 Å². The Morgan fingerprint density at radius 3 is 2.19 bits per heavy atom. The molecule has 1 aliphatic rings. The van der Waals surface area contributed by atoms with Crippen LogP contribution in [0.2, 0.25) is 0 Å². The van der Waals surface area contributed by atoms with Crippen LogP contribution in [0.25, 0.3) is 0 Å². The number of aliphatic hydroxyl groups is 1. The second-order valence-electron chi connectivity index (χ2n) is 6.01. The van der Waals surface area contributed by atoms with Crippen molar-refractivity contribution in [1.29, 1.82) is 0 Å². The molecule has 0 aliphatic heterocycles. The lowest BCUT2D eigenvalue weighted by molar-refractivity contribution is 0.195. The van der Waals surface area contributed by atoms with E-state index in [1.165, 1.54) is 24.0 Å². The molecular formula is C19H23NO. The Morgan fingerprint density at radius 1 is 0.952 bits per heavy atom. The molecule has 0 saturated heterocycles. The van der Waals surface area contributed by atoms with Crippen molar-refractivity contribution in [2.75, 3.05) is 6.61 Å². The standard InChI is InChI=1S/C19H23NO/c21-14-19(11-15-7-3-1-4-8-15)20-18-12-17(13-18)16-9-5-2-6-10-16/h1-10,17-21H,11-14H2/t17?,18?,19-/m1/s1. The highest BCUT2D eigenvalue weighted by Crippen LogP contribution is 2.36. The Labute approximate surface area is 126 Å². The minimum Gasteiger partial charge on any atom is -0.395 e. The fraction of sp³-hybridized carbons (Fsp3) is 0.368. The van der Waals surface area contributed by atoms with Gasteiger partial charge in [-0.2, -0.15) is 0 Å². The second-order valence-corrected chi connectivity index (χ2v) is 6.01. The van der Waals surface area contributed by atoms with Crippen molar-refractivity contribution in [3.63, 3.8) is 0 Å². The van der Waals surface area contributed by atoms with Crippen molar-refractivity contribution >= 4 is 0 Å². The monoisotopic (exact) mass is 281 g/mol. The molecule has 0 aromatic heterocycles. The van der Waals surface area contributed by atoms with Gasteiger partial charge in [0.2, 0.25) is 0 Å². The Kier molecular flexibility index (Phi) is 4.69. The summed E-state index contributed by atoms with van der Waals surface area (Å²) in [4.78, 5) is 0. The normalized spacial score (nSPS) is 22.5. The lowest BCUT2D eigenvalue weighted by atomic mass is 9.75. The molecule has 1 saturated carbocycles. The van der Waals surface area contributed by atoms with Gasteiger partial charge >= 0.3 is 0 Å². The first-order valence-corrected chi connectivity index (χ1v) is 7.81. The molecule has 0 heterocycles. The van der Waals surface area contributed by atoms with E-state index in [1.54, 1.807) is 0 Å². The van der Waals surface area contributed by atoms with E-state index in [0.717, 1.165) is 6.42 Å². The molecule has 1 aliphatic carbocycles. The Morgan fingerprint density at radius 2 is 1.57 bits per heavy atom. The van der Waals surface area contributed by atoms with Crippen LogP contribution >= 0.6 is 0 Å². The van der Waals surface area contributed by atoms with Gasteiger partial charge in [-0.15, -0.1) is 0 Å². The van der Waals surface area contributed by atoms with Gasteiger partial charge in [-0.05, 0) is 36.3 Å². The van der Waals surface area contributed by atoms with Crippen LogP contribution in [-0.4, -0.2) is 23.8 Å². The quantitative estimate of drug-likeness (QED) is 0.852. The summed E-state index contributed by atoms with van der Waals surface area (Å²) < 4.78 is 0. The van der Waals surface area contributed by atoms with E-state index in [-0.39, 0.29) is 12.6 Å². The molecule has 0 unspecified atom stereocenters. The fourth-order valence-electron chi connectivity index (χ4n) is 3.16. The van der Waals surface area contributed by atoms with E-state index in [0.29, 0.717) is 12.0 Å². The first-order valence-electron chi connectivity index (χ1n) is 7.81. The highest BCUT2D eigenvalue weighted by atomic mass is 16.3. The maximum Gasteiger partial charge on any atom is 0.0587 e. The molecule has 21 heavy (non-hydrogen) atoms. The minimum atomic E-state index is 0.161. The van der Waals surface area contributed by atoms with E-state index in [2.05, 4.69) is 59.9 Å². The molecule has 0 amide bonds. The van der Waals surface area contributed by atoms with Gasteiger partial charge < -0.3 is 10.4 Å². The maximum absolute atomic E-state index is 9.58. The summed E-state index contributed by atoms with van der Waals surface area (Å²) in [7, 11) is 0. The van der Waals surface area contributed by atoms with Gasteiger partial charge in [-0.25, -0.2) is 0 Å². The zero-order chi connectivity index (χ0) is 14.5. The van der Waals surface area contributed by atoms with Crippen LogP contribution in [0.4, 0.5) is 0 Å². The summed E-state index contributed by atoms with van der Waals surface area (Å²) in [6.45, 7) is 0.196. The van der Waals surface area contributed by atoms with E-state index in [4.69, 9.17) is 0 Å². The molecule has 2 nitrogen and oxygen atoms in total. The first kappa shape index (κ1) is 14.3. The number of hydrogen-bond donors (Lipinski definition) is 2. The van der Waals surface area contributed by atoms with Crippen molar-refractivity contribution in [2.24, 2.45) is 0 Å². The largest absolute Gasteiger partial charge is 0.395 e. The van der Waals surface area contributed by atoms with Gasteiger partial charge in [-0.1, -0.05) is 60.7 Å². The molecule has 2 heteroatoms. The molecule has 0 spiro atoms. The summed E-state index contributed by atoms with van der Waals surface area (Å²) in [5, 5.41) is 13.2. The summed E-state index contributed by atoms with van der Waals surface area (Å²) in [6, 6.07) is 21.8. The van der Waals surface area contributed by atoms with Crippen LogP contribution in [0.3, 0.4) is 0 Å². The van der Waals surface area contributed by atoms with Crippen LogP contribution < -0.4 is 5.32 Å². The molecule has 110 valence electrons. The van der Waals surface area contributed by atoms with Crippen molar-refractivity contribution in [1.82, 2.24) is 5.32 Å². The van der Waals surface area contributed by atoms with Gasteiger partial charge in [0.25, 0.3) is 0 Å². The third-order valence-electron chi connectivity index (χ3n) is 4.43.